The third-order valence-electron chi connectivity index (χ3n) is 3.79. The van der Waals surface area contributed by atoms with E-state index in [-0.39, 0.29) is 12.4 Å². The van der Waals surface area contributed by atoms with Crippen LogP contribution in [0.2, 0.25) is 0 Å². The maximum atomic E-state index is 12.6. The molecule has 5 heteroatoms. The molecule has 0 atom stereocenters. The first kappa shape index (κ1) is 16.1. The van der Waals surface area contributed by atoms with E-state index < -0.39 is 5.97 Å². The van der Waals surface area contributed by atoms with E-state index in [1.807, 2.05) is 30.3 Å². The number of carbonyl (C=O) groups excluding carboxylic acids is 1. The molecule has 0 fully saturated rings. The van der Waals surface area contributed by atoms with Crippen molar-refractivity contribution in [2.24, 2.45) is 5.73 Å². The number of furan rings is 1. The van der Waals surface area contributed by atoms with E-state index in [2.05, 4.69) is 0 Å². The van der Waals surface area contributed by atoms with Gasteiger partial charge < -0.3 is 20.0 Å². The number of aromatic hydroxyl groups is 1. The lowest BCUT2D eigenvalue weighted by Gasteiger charge is -2.06. The minimum Gasteiger partial charge on any atom is -0.508 e. The number of hydrogen-bond acceptors (Lipinski definition) is 5. The topological polar surface area (TPSA) is 85.7 Å². The van der Waals surface area contributed by atoms with Gasteiger partial charge in [-0.05, 0) is 31.5 Å². The largest absolute Gasteiger partial charge is 0.508 e. The van der Waals surface area contributed by atoms with Crippen molar-refractivity contribution < 1.29 is 19.1 Å². The van der Waals surface area contributed by atoms with Crippen LogP contribution in [0, 0.1) is 0 Å². The van der Waals surface area contributed by atoms with Crippen LogP contribution < -0.4 is 5.73 Å². The molecule has 0 radical (unpaired) electrons. The number of nitrogens with two attached hydrogens (primary N) is 1. The number of hydrogen-bond donors (Lipinski definition) is 2. The van der Waals surface area contributed by atoms with Gasteiger partial charge in [0.25, 0.3) is 0 Å². The number of rotatable bonds is 5. The van der Waals surface area contributed by atoms with Crippen molar-refractivity contribution in [2.75, 3.05) is 13.2 Å². The number of carbonyl (C=O) groups is 1. The van der Waals surface area contributed by atoms with Crippen molar-refractivity contribution in [1.82, 2.24) is 0 Å². The van der Waals surface area contributed by atoms with E-state index in [1.54, 1.807) is 13.0 Å². The summed E-state index contributed by atoms with van der Waals surface area (Å²) in [5.41, 5.74) is 8.04. The lowest BCUT2D eigenvalue weighted by atomic mass is 9.99. The summed E-state index contributed by atoms with van der Waals surface area (Å²) in [6.07, 6.45) is 0.519. The van der Waals surface area contributed by atoms with E-state index in [9.17, 15) is 9.90 Å². The van der Waals surface area contributed by atoms with Gasteiger partial charge in [-0.25, -0.2) is 4.79 Å². The molecule has 3 aromatic rings. The predicted octanol–water partition coefficient (Wildman–Crippen LogP) is 3.48. The van der Waals surface area contributed by atoms with Crippen molar-refractivity contribution >= 4 is 16.9 Å². The maximum absolute atomic E-state index is 12.6. The van der Waals surface area contributed by atoms with Crippen LogP contribution in [-0.2, 0) is 11.2 Å². The summed E-state index contributed by atoms with van der Waals surface area (Å²) in [6, 6.07) is 12.5. The molecule has 0 aliphatic heterocycles. The van der Waals surface area contributed by atoms with Crippen molar-refractivity contribution in [3.8, 4) is 17.1 Å². The lowest BCUT2D eigenvalue weighted by molar-refractivity contribution is 0.0528. The molecule has 0 spiro atoms. The predicted molar refractivity (Wildman–Crippen MR) is 92.0 cm³/mol. The summed E-state index contributed by atoms with van der Waals surface area (Å²) in [5, 5.41) is 10.6. The van der Waals surface area contributed by atoms with Crippen molar-refractivity contribution in [3.63, 3.8) is 0 Å². The third-order valence-corrected chi connectivity index (χ3v) is 3.79. The van der Waals surface area contributed by atoms with E-state index in [0.29, 0.717) is 35.3 Å². The van der Waals surface area contributed by atoms with Crippen LogP contribution in [0.15, 0.2) is 46.9 Å². The fourth-order valence-corrected chi connectivity index (χ4v) is 2.84. The standard InChI is InChI=1S/C19H19NO4/c1-2-23-19(22)17-16-13(8-9-20)10-14(21)11-15(16)24-18(17)12-6-4-3-5-7-12/h3-7,10-11,21H,2,8-9,20H2,1H3. The molecule has 1 aromatic heterocycles. The molecular weight excluding hydrogens is 306 g/mol. The lowest BCUT2D eigenvalue weighted by Crippen LogP contribution is -2.08. The van der Waals surface area contributed by atoms with Gasteiger partial charge in [-0.2, -0.15) is 0 Å². The molecule has 1 heterocycles. The summed E-state index contributed by atoms with van der Waals surface area (Å²) in [5.74, 6) is 0.0710. The maximum Gasteiger partial charge on any atom is 0.342 e. The van der Waals surface area contributed by atoms with Gasteiger partial charge in [0.2, 0.25) is 0 Å². The minimum atomic E-state index is -0.445. The zero-order valence-corrected chi connectivity index (χ0v) is 13.4. The van der Waals surface area contributed by atoms with Crippen molar-refractivity contribution in [1.29, 1.82) is 0 Å². The molecule has 24 heavy (non-hydrogen) atoms. The first-order chi connectivity index (χ1) is 11.7. The minimum absolute atomic E-state index is 0.0784. The Kier molecular flexibility index (Phi) is 4.53. The highest BCUT2D eigenvalue weighted by molar-refractivity contribution is 6.10. The number of phenols is 1. The van der Waals surface area contributed by atoms with Crippen LogP contribution in [0.5, 0.6) is 5.75 Å². The molecule has 3 rings (SSSR count). The molecule has 0 saturated heterocycles. The van der Waals surface area contributed by atoms with Crippen molar-refractivity contribution in [2.45, 2.75) is 13.3 Å². The highest BCUT2D eigenvalue weighted by Gasteiger charge is 2.25. The second kappa shape index (κ2) is 6.76. The van der Waals surface area contributed by atoms with Gasteiger partial charge in [0.05, 0.1) is 6.61 Å². The average molecular weight is 325 g/mol. The second-order valence-corrected chi connectivity index (χ2v) is 5.41. The first-order valence-electron chi connectivity index (χ1n) is 7.86. The Morgan fingerprint density at radius 2 is 2.00 bits per heavy atom. The summed E-state index contributed by atoms with van der Waals surface area (Å²) >= 11 is 0. The molecule has 124 valence electrons. The van der Waals surface area contributed by atoms with Gasteiger partial charge in [-0.3, -0.25) is 0 Å². The summed E-state index contributed by atoms with van der Waals surface area (Å²) in [6.45, 7) is 2.42. The number of fused-ring (bicyclic) bond motifs is 1. The smallest absolute Gasteiger partial charge is 0.342 e. The van der Waals surface area contributed by atoms with Crippen LogP contribution in [0.4, 0.5) is 0 Å². The molecule has 0 amide bonds. The quantitative estimate of drug-likeness (QED) is 0.701. The first-order valence-corrected chi connectivity index (χ1v) is 7.86. The monoisotopic (exact) mass is 325 g/mol. The zero-order valence-electron chi connectivity index (χ0n) is 13.4. The number of esters is 1. The molecule has 0 saturated carbocycles. The average Bonchev–Trinajstić information content (AvgIpc) is 2.95. The Morgan fingerprint density at radius 1 is 1.25 bits per heavy atom. The van der Waals surface area contributed by atoms with Crippen LogP contribution in [0.3, 0.4) is 0 Å². The van der Waals surface area contributed by atoms with Gasteiger partial charge in [0.1, 0.15) is 22.7 Å². The van der Waals surface area contributed by atoms with E-state index in [0.717, 1.165) is 11.1 Å². The Labute approximate surface area is 139 Å². The van der Waals surface area contributed by atoms with Crippen LogP contribution >= 0.6 is 0 Å². The van der Waals surface area contributed by atoms with Gasteiger partial charge in [0, 0.05) is 17.0 Å². The van der Waals surface area contributed by atoms with Gasteiger partial charge in [-0.1, -0.05) is 30.3 Å². The molecule has 0 aliphatic rings. The Hall–Kier alpha value is -2.79. The van der Waals surface area contributed by atoms with Gasteiger partial charge in [-0.15, -0.1) is 0 Å². The van der Waals surface area contributed by atoms with Crippen molar-refractivity contribution in [3.05, 3.63) is 53.6 Å². The molecule has 3 N–H and O–H groups in total. The fraction of sp³-hybridized carbons (Fsp3) is 0.211. The van der Waals surface area contributed by atoms with E-state index in [4.69, 9.17) is 14.9 Å². The Morgan fingerprint density at radius 3 is 2.67 bits per heavy atom. The highest BCUT2D eigenvalue weighted by atomic mass is 16.5. The number of phenolic OH excluding ortho intramolecular Hbond substituents is 1. The molecule has 2 aromatic carbocycles. The third kappa shape index (κ3) is 2.86. The summed E-state index contributed by atoms with van der Waals surface area (Å²) in [4.78, 5) is 12.6. The summed E-state index contributed by atoms with van der Waals surface area (Å²) < 4.78 is 11.1. The zero-order chi connectivity index (χ0) is 17.1. The second-order valence-electron chi connectivity index (χ2n) is 5.41. The molecule has 0 aliphatic carbocycles. The van der Waals surface area contributed by atoms with Crippen LogP contribution in [-0.4, -0.2) is 24.2 Å². The molecular formula is C19H19NO4. The Balaban J connectivity index is 2.33. The van der Waals surface area contributed by atoms with Gasteiger partial charge in [0.15, 0.2) is 0 Å². The highest BCUT2D eigenvalue weighted by Crippen LogP contribution is 2.38. The number of ether oxygens (including phenoxy) is 1. The molecule has 0 unspecified atom stereocenters. The summed E-state index contributed by atoms with van der Waals surface area (Å²) in [7, 11) is 0. The Bertz CT molecular complexity index is 868. The number of benzene rings is 2. The van der Waals surface area contributed by atoms with Gasteiger partial charge >= 0.3 is 5.97 Å². The fourth-order valence-electron chi connectivity index (χ4n) is 2.84. The van der Waals surface area contributed by atoms with E-state index in [1.165, 1.54) is 6.07 Å². The van der Waals surface area contributed by atoms with E-state index >= 15 is 0 Å². The normalized spacial score (nSPS) is 10.9. The molecule has 5 nitrogen and oxygen atoms in total. The molecule has 0 bridgehead atoms. The SMILES string of the molecule is CCOC(=O)c1c(-c2ccccc2)oc2cc(O)cc(CCN)c12. The van der Waals surface area contributed by atoms with Crippen LogP contribution in [0.25, 0.3) is 22.3 Å². The van der Waals surface area contributed by atoms with Crippen LogP contribution in [0.1, 0.15) is 22.8 Å².